The Balaban J connectivity index is 3.30. The first-order chi connectivity index (χ1) is 7.55. The highest BCUT2D eigenvalue weighted by molar-refractivity contribution is 5.31. The minimum Gasteiger partial charge on any atom is -0.323 e. The molecule has 0 aromatic heterocycles. The number of nitrogens with two attached hydrogens (primary N) is 1. The highest BCUT2D eigenvalue weighted by atomic mass is 19.4. The summed E-state index contributed by atoms with van der Waals surface area (Å²) in [4.78, 5) is 0. The third kappa shape index (κ3) is 2.97. The molecule has 0 fully saturated rings. The van der Waals surface area contributed by atoms with E-state index in [1.807, 2.05) is 0 Å². The fourth-order valence-electron chi connectivity index (χ4n) is 1.48. The Morgan fingerprint density at radius 2 is 1.65 bits per heavy atom. The summed E-state index contributed by atoms with van der Waals surface area (Å²) < 4.78 is 51.3. The summed E-state index contributed by atoms with van der Waals surface area (Å²) in [6, 6.07) is 2.39. The van der Waals surface area contributed by atoms with E-state index in [1.165, 1.54) is 12.1 Å². The Labute approximate surface area is 97.6 Å². The van der Waals surface area contributed by atoms with Gasteiger partial charge < -0.3 is 5.73 Å². The van der Waals surface area contributed by atoms with Crippen LogP contribution in [0.5, 0.6) is 0 Å². The van der Waals surface area contributed by atoms with Gasteiger partial charge in [0.05, 0.1) is 5.56 Å². The molecule has 0 aliphatic carbocycles. The first-order valence-corrected chi connectivity index (χ1v) is 5.16. The molecule has 1 rings (SSSR count). The van der Waals surface area contributed by atoms with Crippen molar-refractivity contribution in [3.8, 4) is 0 Å². The van der Waals surface area contributed by atoms with Crippen molar-refractivity contribution in [1.82, 2.24) is 0 Å². The van der Waals surface area contributed by atoms with E-state index in [1.54, 1.807) is 20.8 Å². The third-order valence-electron chi connectivity index (χ3n) is 2.60. The average Bonchev–Trinajstić information content (AvgIpc) is 2.13. The molecular weight excluding hydrogens is 234 g/mol. The number of rotatable bonds is 1. The molecule has 96 valence electrons. The van der Waals surface area contributed by atoms with Crippen molar-refractivity contribution < 1.29 is 17.6 Å². The van der Waals surface area contributed by atoms with Gasteiger partial charge in [-0.25, -0.2) is 4.39 Å². The molecule has 0 heterocycles. The van der Waals surface area contributed by atoms with Crippen LogP contribution in [0.2, 0.25) is 0 Å². The summed E-state index contributed by atoms with van der Waals surface area (Å²) in [6.07, 6.45) is -4.70. The largest absolute Gasteiger partial charge is 0.419 e. The highest BCUT2D eigenvalue weighted by Crippen LogP contribution is 2.37. The van der Waals surface area contributed by atoms with Crippen molar-refractivity contribution in [3.63, 3.8) is 0 Å². The molecule has 2 N–H and O–H groups in total. The minimum absolute atomic E-state index is 0.104. The predicted octanol–water partition coefficient (Wildman–Crippen LogP) is 3.89. The molecule has 1 aromatic carbocycles. The zero-order chi connectivity index (χ0) is 13.4. The van der Waals surface area contributed by atoms with Gasteiger partial charge >= 0.3 is 6.18 Å². The van der Waals surface area contributed by atoms with Crippen molar-refractivity contribution in [3.05, 3.63) is 35.1 Å². The molecule has 0 amide bonds. The Kier molecular flexibility index (Phi) is 3.52. The third-order valence-corrected chi connectivity index (χ3v) is 2.60. The van der Waals surface area contributed by atoms with Gasteiger partial charge in [0.2, 0.25) is 0 Å². The quantitative estimate of drug-likeness (QED) is 0.751. The molecule has 0 aliphatic rings. The van der Waals surface area contributed by atoms with Crippen LogP contribution in [0.25, 0.3) is 0 Å². The summed E-state index contributed by atoms with van der Waals surface area (Å²) >= 11 is 0. The second-order valence-electron chi connectivity index (χ2n) is 5.05. The van der Waals surface area contributed by atoms with Gasteiger partial charge in [0, 0.05) is 11.6 Å². The molecule has 0 radical (unpaired) electrons. The Morgan fingerprint density at radius 3 is 2.06 bits per heavy atom. The maximum atomic E-state index is 13.7. The Bertz CT molecular complexity index is 404. The van der Waals surface area contributed by atoms with E-state index in [2.05, 4.69) is 0 Å². The number of benzene rings is 1. The molecule has 1 aromatic rings. The van der Waals surface area contributed by atoms with E-state index < -0.39 is 29.0 Å². The molecular formula is C12H15F4N. The van der Waals surface area contributed by atoms with E-state index in [-0.39, 0.29) is 5.56 Å². The average molecular weight is 249 g/mol. The van der Waals surface area contributed by atoms with Gasteiger partial charge in [0.15, 0.2) is 0 Å². The molecule has 1 atom stereocenters. The molecule has 1 nitrogen and oxygen atoms in total. The van der Waals surface area contributed by atoms with Gasteiger partial charge in [0.1, 0.15) is 5.82 Å². The second kappa shape index (κ2) is 4.29. The van der Waals surface area contributed by atoms with Crippen molar-refractivity contribution in [2.75, 3.05) is 0 Å². The van der Waals surface area contributed by atoms with E-state index in [0.29, 0.717) is 6.07 Å². The van der Waals surface area contributed by atoms with E-state index in [4.69, 9.17) is 5.73 Å². The molecule has 0 aliphatic heterocycles. The molecule has 0 spiro atoms. The van der Waals surface area contributed by atoms with Crippen molar-refractivity contribution in [1.29, 1.82) is 0 Å². The van der Waals surface area contributed by atoms with Crippen LogP contribution in [-0.4, -0.2) is 0 Å². The van der Waals surface area contributed by atoms with Crippen LogP contribution in [0.4, 0.5) is 17.6 Å². The second-order valence-corrected chi connectivity index (χ2v) is 5.05. The van der Waals surface area contributed by atoms with Crippen molar-refractivity contribution >= 4 is 0 Å². The molecule has 17 heavy (non-hydrogen) atoms. The summed E-state index contributed by atoms with van der Waals surface area (Å²) in [5.41, 5.74) is 3.90. The summed E-state index contributed by atoms with van der Waals surface area (Å²) in [5.74, 6) is -1.28. The fraction of sp³-hybridized carbons (Fsp3) is 0.500. The lowest BCUT2D eigenvalue weighted by Crippen LogP contribution is -2.28. The molecule has 0 bridgehead atoms. The smallest absolute Gasteiger partial charge is 0.323 e. The number of halogens is 4. The molecule has 5 heteroatoms. The lowest BCUT2D eigenvalue weighted by atomic mass is 9.82. The van der Waals surface area contributed by atoms with Gasteiger partial charge in [-0.2, -0.15) is 13.2 Å². The van der Waals surface area contributed by atoms with Gasteiger partial charge in [-0.05, 0) is 11.5 Å². The van der Waals surface area contributed by atoms with Gasteiger partial charge in [-0.1, -0.05) is 32.9 Å². The van der Waals surface area contributed by atoms with Crippen LogP contribution in [0.15, 0.2) is 18.2 Å². The Morgan fingerprint density at radius 1 is 1.12 bits per heavy atom. The first-order valence-electron chi connectivity index (χ1n) is 5.16. The van der Waals surface area contributed by atoms with Crippen LogP contribution in [0.1, 0.15) is 37.9 Å². The Hall–Kier alpha value is -1.10. The highest BCUT2D eigenvalue weighted by Gasteiger charge is 2.36. The predicted molar refractivity (Wildman–Crippen MR) is 57.8 cm³/mol. The molecule has 0 saturated carbocycles. The van der Waals surface area contributed by atoms with E-state index in [9.17, 15) is 17.6 Å². The standard InChI is InChI=1S/C12H15F4N/c1-11(2,3)10(17)7-5-4-6-8(9(7)13)12(14,15)16/h4-6,10H,17H2,1-3H3/t10-/m1/s1. The van der Waals surface area contributed by atoms with E-state index in [0.717, 1.165) is 0 Å². The van der Waals surface area contributed by atoms with E-state index >= 15 is 0 Å². The lowest BCUT2D eigenvalue weighted by molar-refractivity contribution is -0.140. The normalized spacial score (nSPS) is 14.8. The summed E-state index contributed by atoms with van der Waals surface area (Å²) in [6.45, 7) is 5.24. The SMILES string of the molecule is CC(C)(C)[C@H](N)c1cccc(C(F)(F)F)c1F. The van der Waals surface area contributed by atoms with Crippen LogP contribution in [0, 0.1) is 11.2 Å². The minimum atomic E-state index is -4.70. The lowest BCUT2D eigenvalue weighted by Gasteiger charge is -2.28. The fourth-order valence-corrected chi connectivity index (χ4v) is 1.48. The maximum Gasteiger partial charge on any atom is 0.419 e. The van der Waals surface area contributed by atoms with Crippen LogP contribution < -0.4 is 5.73 Å². The van der Waals surface area contributed by atoms with Crippen LogP contribution >= 0.6 is 0 Å². The summed E-state index contributed by atoms with van der Waals surface area (Å²) in [5, 5.41) is 0. The number of hydrogen-bond acceptors (Lipinski definition) is 1. The number of alkyl halides is 3. The monoisotopic (exact) mass is 249 g/mol. The van der Waals surface area contributed by atoms with Gasteiger partial charge in [-0.15, -0.1) is 0 Å². The summed E-state index contributed by atoms with van der Waals surface area (Å²) in [7, 11) is 0. The van der Waals surface area contributed by atoms with Crippen molar-refractivity contribution in [2.45, 2.75) is 33.0 Å². The zero-order valence-corrected chi connectivity index (χ0v) is 9.90. The topological polar surface area (TPSA) is 26.0 Å². The van der Waals surface area contributed by atoms with Gasteiger partial charge in [-0.3, -0.25) is 0 Å². The number of hydrogen-bond donors (Lipinski definition) is 1. The van der Waals surface area contributed by atoms with Crippen molar-refractivity contribution in [2.24, 2.45) is 11.1 Å². The first kappa shape index (κ1) is 14.0. The maximum absolute atomic E-state index is 13.7. The van der Waals surface area contributed by atoms with Crippen LogP contribution in [0.3, 0.4) is 0 Å². The van der Waals surface area contributed by atoms with Crippen LogP contribution in [-0.2, 0) is 6.18 Å². The zero-order valence-electron chi connectivity index (χ0n) is 9.90. The molecule has 0 saturated heterocycles. The van der Waals surface area contributed by atoms with Gasteiger partial charge in [0.25, 0.3) is 0 Å². The molecule has 0 unspecified atom stereocenters.